The molecule has 2 N–H and O–H groups in total. The van der Waals surface area contributed by atoms with Crippen LogP contribution >= 0.6 is 12.4 Å². The minimum atomic E-state index is -0.0280. The molecule has 0 atom stereocenters. The van der Waals surface area contributed by atoms with Crippen molar-refractivity contribution in [3.8, 4) is 0 Å². The first-order valence-electron chi connectivity index (χ1n) is 4.86. The van der Waals surface area contributed by atoms with Crippen molar-refractivity contribution < 1.29 is 4.42 Å². The Morgan fingerprint density at radius 2 is 2.00 bits per heavy atom. The predicted molar refractivity (Wildman–Crippen MR) is 67.1 cm³/mol. The summed E-state index contributed by atoms with van der Waals surface area (Å²) >= 11 is 0. The standard InChI is InChI=1S/C12H13NO2.ClH/c1-7-3-4-10-11(14)5-9(6-13)15-12(10)8(7)2;/h3-5H,6,13H2,1-2H3;1H. The van der Waals surface area contributed by atoms with Gasteiger partial charge in [0.15, 0.2) is 5.43 Å². The molecule has 1 aromatic carbocycles. The molecule has 86 valence electrons. The van der Waals surface area contributed by atoms with Crippen LogP contribution < -0.4 is 11.2 Å². The van der Waals surface area contributed by atoms with Gasteiger partial charge in [0, 0.05) is 6.07 Å². The minimum Gasteiger partial charge on any atom is -0.459 e. The smallest absolute Gasteiger partial charge is 0.193 e. The van der Waals surface area contributed by atoms with Crippen molar-refractivity contribution in [2.24, 2.45) is 5.73 Å². The van der Waals surface area contributed by atoms with Crippen molar-refractivity contribution in [2.75, 3.05) is 0 Å². The van der Waals surface area contributed by atoms with Gasteiger partial charge in [0.2, 0.25) is 0 Å². The van der Waals surface area contributed by atoms with Gasteiger partial charge in [0.25, 0.3) is 0 Å². The summed E-state index contributed by atoms with van der Waals surface area (Å²) in [7, 11) is 0. The second-order valence-corrected chi connectivity index (χ2v) is 3.67. The van der Waals surface area contributed by atoms with E-state index in [0.717, 1.165) is 11.1 Å². The SMILES string of the molecule is Cc1ccc2c(=O)cc(CN)oc2c1C.Cl. The molecule has 0 spiro atoms. The number of nitrogens with two attached hydrogens (primary N) is 1. The Bertz CT molecular complexity index is 575. The third kappa shape index (κ3) is 1.96. The fraction of sp³-hybridized carbons (Fsp3) is 0.250. The van der Waals surface area contributed by atoms with Crippen molar-refractivity contribution in [3.63, 3.8) is 0 Å². The number of halogens is 1. The highest BCUT2D eigenvalue weighted by molar-refractivity contribution is 5.85. The third-order valence-electron chi connectivity index (χ3n) is 2.67. The van der Waals surface area contributed by atoms with E-state index < -0.39 is 0 Å². The molecule has 1 aromatic heterocycles. The molecule has 0 aliphatic heterocycles. The molecule has 2 aromatic rings. The molecule has 0 amide bonds. The maximum atomic E-state index is 11.7. The maximum Gasteiger partial charge on any atom is 0.193 e. The molecule has 0 saturated heterocycles. The first kappa shape index (κ1) is 12.7. The summed E-state index contributed by atoms with van der Waals surface area (Å²) < 4.78 is 5.58. The van der Waals surface area contributed by atoms with Gasteiger partial charge in [0.05, 0.1) is 11.9 Å². The van der Waals surface area contributed by atoms with Crippen LogP contribution in [0.5, 0.6) is 0 Å². The second kappa shape index (κ2) is 4.68. The molecule has 16 heavy (non-hydrogen) atoms. The minimum absolute atomic E-state index is 0. The lowest BCUT2D eigenvalue weighted by Gasteiger charge is -2.05. The molecule has 0 unspecified atom stereocenters. The molecule has 0 aliphatic rings. The second-order valence-electron chi connectivity index (χ2n) is 3.67. The number of hydrogen-bond acceptors (Lipinski definition) is 3. The fourth-order valence-corrected chi connectivity index (χ4v) is 1.60. The zero-order valence-electron chi connectivity index (χ0n) is 9.24. The molecule has 0 bridgehead atoms. The van der Waals surface area contributed by atoms with Crippen molar-refractivity contribution in [3.05, 3.63) is 45.3 Å². The lowest BCUT2D eigenvalue weighted by Crippen LogP contribution is -2.06. The topological polar surface area (TPSA) is 56.2 Å². The Labute approximate surface area is 99.7 Å². The van der Waals surface area contributed by atoms with Gasteiger partial charge in [-0.05, 0) is 31.0 Å². The van der Waals surface area contributed by atoms with Crippen LogP contribution in [0, 0.1) is 13.8 Å². The average molecular weight is 240 g/mol. The van der Waals surface area contributed by atoms with Gasteiger partial charge in [-0.1, -0.05) is 6.07 Å². The Morgan fingerprint density at radius 3 is 2.62 bits per heavy atom. The fourth-order valence-electron chi connectivity index (χ4n) is 1.60. The van der Waals surface area contributed by atoms with Crippen LogP contribution in [0.4, 0.5) is 0 Å². The van der Waals surface area contributed by atoms with Crippen molar-refractivity contribution in [1.29, 1.82) is 0 Å². The van der Waals surface area contributed by atoms with E-state index in [0.29, 0.717) is 16.7 Å². The van der Waals surface area contributed by atoms with Gasteiger partial charge in [-0.3, -0.25) is 4.79 Å². The van der Waals surface area contributed by atoms with Gasteiger partial charge in [0.1, 0.15) is 11.3 Å². The van der Waals surface area contributed by atoms with Crippen LogP contribution in [0.25, 0.3) is 11.0 Å². The summed E-state index contributed by atoms with van der Waals surface area (Å²) in [5.74, 6) is 0.529. The molecule has 0 fully saturated rings. The van der Waals surface area contributed by atoms with Crippen molar-refractivity contribution in [1.82, 2.24) is 0 Å². The summed E-state index contributed by atoms with van der Waals surface area (Å²) in [6, 6.07) is 5.18. The first-order chi connectivity index (χ1) is 7.13. The lowest BCUT2D eigenvalue weighted by atomic mass is 10.1. The van der Waals surface area contributed by atoms with E-state index in [1.165, 1.54) is 6.07 Å². The molecule has 3 nitrogen and oxygen atoms in total. The summed E-state index contributed by atoms with van der Waals surface area (Å²) in [6.07, 6.45) is 0. The van der Waals surface area contributed by atoms with E-state index in [9.17, 15) is 4.79 Å². The highest BCUT2D eigenvalue weighted by Crippen LogP contribution is 2.19. The van der Waals surface area contributed by atoms with Crippen LogP contribution in [-0.4, -0.2) is 0 Å². The first-order valence-corrected chi connectivity index (χ1v) is 4.86. The normalized spacial score (nSPS) is 10.2. The summed E-state index contributed by atoms with van der Waals surface area (Å²) in [5.41, 5.74) is 8.20. The van der Waals surface area contributed by atoms with E-state index in [1.807, 2.05) is 19.9 Å². The largest absolute Gasteiger partial charge is 0.459 e. The summed E-state index contributed by atoms with van der Waals surface area (Å²) in [4.78, 5) is 11.7. The van der Waals surface area contributed by atoms with E-state index >= 15 is 0 Å². The molecule has 4 heteroatoms. The summed E-state index contributed by atoms with van der Waals surface area (Å²) in [6.45, 7) is 4.18. The van der Waals surface area contributed by atoms with E-state index in [-0.39, 0.29) is 24.4 Å². The molecule has 0 aliphatic carbocycles. The molecule has 2 rings (SSSR count). The number of rotatable bonds is 1. The van der Waals surface area contributed by atoms with E-state index in [2.05, 4.69) is 0 Å². The Morgan fingerprint density at radius 1 is 1.31 bits per heavy atom. The molecule has 0 saturated carbocycles. The van der Waals surface area contributed by atoms with E-state index in [1.54, 1.807) is 6.07 Å². The van der Waals surface area contributed by atoms with Crippen molar-refractivity contribution in [2.45, 2.75) is 20.4 Å². The van der Waals surface area contributed by atoms with Crippen LogP contribution in [-0.2, 0) is 6.54 Å². The van der Waals surface area contributed by atoms with Crippen LogP contribution in [0.15, 0.2) is 27.4 Å². The monoisotopic (exact) mass is 239 g/mol. The highest BCUT2D eigenvalue weighted by Gasteiger charge is 2.07. The van der Waals surface area contributed by atoms with Crippen LogP contribution in [0.1, 0.15) is 16.9 Å². The van der Waals surface area contributed by atoms with Gasteiger partial charge in [-0.2, -0.15) is 0 Å². The molecule has 1 heterocycles. The molecular weight excluding hydrogens is 226 g/mol. The van der Waals surface area contributed by atoms with Gasteiger partial charge in [-0.15, -0.1) is 12.4 Å². The predicted octanol–water partition coefficient (Wildman–Crippen LogP) is 2.29. The Balaban J connectivity index is 0.00000128. The van der Waals surface area contributed by atoms with E-state index in [4.69, 9.17) is 10.2 Å². The lowest BCUT2D eigenvalue weighted by molar-refractivity contribution is 0.537. The Kier molecular flexibility index (Phi) is 3.73. The van der Waals surface area contributed by atoms with Crippen LogP contribution in [0.3, 0.4) is 0 Å². The Hall–Kier alpha value is -1.32. The van der Waals surface area contributed by atoms with Gasteiger partial charge >= 0.3 is 0 Å². The molecular formula is C12H14ClNO2. The summed E-state index contributed by atoms with van der Waals surface area (Å²) in [5, 5.41) is 0.621. The highest BCUT2D eigenvalue weighted by atomic mass is 35.5. The van der Waals surface area contributed by atoms with Gasteiger partial charge in [-0.25, -0.2) is 0 Å². The van der Waals surface area contributed by atoms with Gasteiger partial charge < -0.3 is 10.2 Å². The molecule has 0 radical (unpaired) electrons. The number of benzene rings is 1. The zero-order chi connectivity index (χ0) is 11.0. The number of hydrogen-bond donors (Lipinski definition) is 1. The average Bonchev–Trinajstić information content (AvgIpc) is 2.23. The number of fused-ring (bicyclic) bond motifs is 1. The van der Waals surface area contributed by atoms with Crippen LogP contribution in [0.2, 0.25) is 0 Å². The third-order valence-corrected chi connectivity index (χ3v) is 2.67. The number of aryl methyl sites for hydroxylation is 2. The zero-order valence-corrected chi connectivity index (χ0v) is 10.1. The maximum absolute atomic E-state index is 11.7. The quantitative estimate of drug-likeness (QED) is 0.831. The van der Waals surface area contributed by atoms with Crippen molar-refractivity contribution >= 4 is 23.4 Å².